The molecule has 0 aliphatic carbocycles. The van der Waals surface area contributed by atoms with Crippen LogP contribution in [-0.2, 0) is 6.54 Å². The number of nitrogens with zero attached hydrogens (tertiary/aromatic N) is 2. The summed E-state index contributed by atoms with van der Waals surface area (Å²) in [4.78, 5) is 8.26. The fourth-order valence-corrected chi connectivity index (χ4v) is 2.08. The molecular weight excluding hydrogens is 284 g/mol. The fourth-order valence-electron chi connectivity index (χ4n) is 2.08. The van der Waals surface area contributed by atoms with E-state index in [0.717, 1.165) is 22.9 Å². The Hall–Kier alpha value is -2.82. The Morgan fingerprint density at radius 2 is 1.73 bits per heavy atom. The van der Waals surface area contributed by atoms with E-state index in [-0.39, 0.29) is 0 Å². The molecule has 0 fully saturated rings. The molecule has 0 saturated heterocycles. The number of halogens is 2. The summed E-state index contributed by atoms with van der Waals surface area (Å²) in [6.07, 6.45) is 6.90. The number of rotatable bonds is 4. The summed E-state index contributed by atoms with van der Waals surface area (Å²) < 4.78 is 26.1. The van der Waals surface area contributed by atoms with Crippen molar-refractivity contribution in [2.75, 3.05) is 5.32 Å². The van der Waals surface area contributed by atoms with Gasteiger partial charge in [-0.3, -0.25) is 9.97 Å². The van der Waals surface area contributed by atoms with Crippen molar-refractivity contribution in [3.05, 3.63) is 78.4 Å². The van der Waals surface area contributed by atoms with Gasteiger partial charge in [0.1, 0.15) is 0 Å². The van der Waals surface area contributed by atoms with Crippen LogP contribution >= 0.6 is 0 Å². The summed E-state index contributed by atoms with van der Waals surface area (Å²) in [5.74, 6) is -1.69. The molecule has 3 nitrogen and oxygen atoms in total. The number of nitrogens with one attached hydrogen (secondary N) is 1. The molecule has 0 saturated carbocycles. The van der Waals surface area contributed by atoms with Crippen LogP contribution in [0.2, 0.25) is 0 Å². The quantitative estimate of drug-likeness (QED) is 0.790. The Balaban J connectivity index is 1.74. The zero-order chi connectivity index (χ0) is 15.4. The Bertz CT molecular complexity index is 776. The molecule has 5 heteroatoms. The topological polar surface area (TPSA) is 37.8 Å². The molecule has 2 aromatic heterocycles. The summed E-state index contributed by atoms with van der Waals surface area (Å²) >= 11 is 0. The molecule has 0 amide bonds. The molecule has 0 aliphatic heterocycles. The Labute approximate surface area is 126 Å². The zero-order valence-corrected chi connectivity index (χ0v) is 11.6. The minimum absolute atomic E-state index is 0.384. The summed E-state index contributed by atoms with van der Waals surface area (Å²) in [7, 11) is 0. The maximum atomic E-state index is 13.2. The molecule has 0 atom stereocenters. The predicted molar refractivity (Wildman–Crippen MR) is 81.2 cm³/mol. The highest BCUT2D eigenvalue weighted by molar-refractivity contribution is 5.65. The highest BCUT2D eigenvalue weighted by atomic mass is 19.2. The first-order valence-corrected chi connectivity index (χ1v) is 6.75. The predicted octanol–water partition coefficient (Wildman–Crippen LogP) is 4.03. The van der Waals surface area contributed by atoms with Crippen molar-refractivity contribution in [3.63, 3.8) is 0 Å². The van der Waals surface area contributed by atoms with Crippen LogP contribution in [0, 0.1) is 11.6 Å². The van der Waals surface area contributed by atoms with Gasteiger partial charge in [-0.15, -0.1) is 0 Å². The van der Waals surface area contributed by atoms with Crippen molar-refractivity contribution in [1.29, 1.82) is 0 Å². The van der Waals surface area contributed by atoms with Gasteiger partial charge < -0.3 is 5.32 Å². The fraction of sp³-hybridized carbons (Fsp3) is 0.0588. The Kier molecular flexibility index (Phi) is 4.05. The molecule has 1 aromatic carbocycles. The van der Waals surface area contributed by atoms with E-state index in [9.17, 15) is 8.78 Å². The number of anilines is 1. The van der Waals surface area contributed by atoms with E-state index in [2.05, 4.69) is 15.3 Å². The maximum absolute atomic E-state index is 13.2. The molecule has 0 radical (unpaired) electrons. The van der Waals surface area contributed by atoms with Crippen molar-refractivity contribution in [2.45, 2.75) is 6.54 Å². The Morgan fingerprint density at radius 1 is 0.864 bits per heavy atom. The van der Waals surface area contributed by atoms with E-state index < -0.39 is 11.6 Å². The van der Waals surface area contributed by atoms with E-state index >= 15 is 0 Å². The van der Waals surface area contributed by atoms with Gasteiger partial charge >= 0.3 is 0 Å². The lowest BCUT2D eigenvalue weighted by molar-refractivity contribution is 0.507. The number of aromatic nitrogens is 2. The molecule has 0 bridgehead atoms. The second kappa shape index (κ2) is 6.30. The van der Waals surface area contributed by atoms with Crippen molar-refractivity contribution in [1.82, 2.24) is 9.97 Å². The van der Waals surface area contributed by atoms with Crippen molar-refractivity contribution in [2.24, 2.45) is 0 Å². The summed E-state index contributed by atoms with van der Waals surface area (Å²) in [6.45, 7) is 0.384. The first-order valence-electron chi connectivity index (χ1n) is 6.75. The van der Waals surface area contributed by atoms with Gasteiger partial charge in [-0.2, -0.15) is 0 Å². The van der Waals surface area contributed by atoms with E-state index in [1.807, 2.05) is 18.2 Å². The van der Waals surface area contributed by atoms with Crippen molar-refractivity contribution < 1.29 is 8.78 Å². The molecule has 110 valence electrons. The van der Waals surface area contributed by atoms with Crippen LogP contribution in [0.15, 0.2) is 61.2 Å². The summed E-state index contributed by atoms with van der Waals surface area (Å²) in [5, 5.41) is 3.15. The molecule has 22 heavy (non-hydrogen) atoms. The number of benzene rings is 1. The van der Waals surface area contributed by atoms with E-state index in [1.165, 1.54) is 6.07 Å². The molecule has 0 spiro atoms. The highest BCUT2D eigenvalue weighted by Crippen LogP contribution is 2.20. The van der Waals surface area contributed by atoms with Crippen molar-refractivity contribution >= 4 is 5.69 Å². The largest absolute Gasteiger partial charge is 0.380 e. The first kappa shape index (κ1) is 14.1. The third-order valence-corrected chi connectivity index (χ3v) is 3.21. The van der Waals surface area contributed by atoms with Crippen LogP contribution in [-0.4, -0.2) is 9.97 Å². The van der Waals surface area contributed by atoms with Gasteiger partial charge in [-0.05, 0) is 29.8 Å². The van der Waals surface area contributed by atoms with Gasteiger partial charge in [0.2, 0.25) is 0 Å². The SMILES string of the molecule is Fc1ccc(CNc2cncc(-c3cccnc3)c2)cc1F. The van der Waals surface area contributed by atoms with Gasteiger partial charge in [-0.25, -0.2) is 8.78 Å². The minimum Gasteiger partial charge on any atom is -0.380 e. The van der Waals surface area contributed by atoms with E-state index in [1.54, 1.807) is 30.9 Å². The zero-order valence-electron chi connectivity index (χ0n) is 11.6. The molecule has 3 aromatic rings. The third-order valence-electron chi connectivity index (χ3n) is 3.21. The number of hydrogen-bond donors (Lipinski definition) is 1. The molecule has 0 aliphatic rings. The monoisotopic (exact) mass is 297 g/mol. The van der Waals surface area contributed by atoms with Crippen LogP contribution in [0.4, 0.5) is 14.5 Å². The maximum Gasteiger partial charge on any atom is 0.159 e. The van der Waals surface area contributed by atoms with Crippen molar-refractivity contribution in [3.8, 4) is 11.1 Å². The van der Waals surface area contributed by atoms with Gasteiger partial charge in [-0.1, -0.05) is 12.1 Å². The smallest absolute Gasteiger partial charge is 0.159 e. The third kappa shape index (κ3) is 3.25. The van der Waals surface area contributed by atoms with Crippen LogP contribution in [0.3, 0.4) is 0 Å². The van der Waals surface area contributed by atoms with E-state index in [0.29, 0.717) is 12.1 Å². The second-order valence-corrected chi connectivity index (χ2v) is 4.81. The summed E-state index contributed by atoms with van der Waals surface area (Å²) in [6, 6.07) is 9.59. The molecule has 1 N–H and O–H groups in total. The molecule has 2 heterocycles. The van der Waals surface area contributed by atoms with Crippen LogP contribution in [0.1, 0.15) is 5.56 Å². The average molecular weight is 297 g/mol. The molecule has 0 unspecified atom stereocenters. The highest BCUT2D eigenvalue weighted by Gasteiger charge is 2.03. The molecule has 3 rings (SSSR count). The average Bonchev–Trinajstić information content (AvgIpc) is 2.57. The minimum atomic E-state index is -0.846. The lowest BCUT2D eigenvalue weighted by Crippen LogP contribution is -2.01. The standard InChI is InChI=1S/C17H13F2N3/c18-16-4-3-12(6-17(16)19)8-22-15-7-14(10-21-11-15)13-2-1-5-20-9-13/h1-7,9-11,22H,8H2. The van der Waals surface area contributed by atoms with Gasteiger partial charge in [0, 0.05) is 42.5 Å². The lowest BCUT2D eigenvalue weighted by atomic mass is 10.1. The van der Waals surface area contributed by atoms with Gasteiger partial charge in [0.15, 0.2) is 11.6 Å². The lowest BCUT2D eigenvalue weighted by Gasteiger charge is -2.08. The van der Waals surface area contributed by atoms with Crippen LogP contribution in [0.5, 0.6) is 0 Å². The van der Waals surface area contributed by atoms with Gasteiger partial charge in [0.25, 0.3) is 0 Å². The summed E-state index contributed by atoms with van der Waals surface area (Å²) in [5.41, 5.74) is 3.35. The van der Waals surface area contributed by atoms with E-state index in [4.69, 9.17) is 0 Å². The number of pyridine rings is 2. The van der Waals surface area contributed by atoms with Crippen LogP contribution in [0.25, 0.3) is 11.1 Å². The second-order valence-electron chi connectivity index (χ2n) is 4.81. The molecular formula is C17H13F2N3. The van der Waals surface area contributed by atoms with Gasteiger partial charge in [0.05, 0.1) is 5.69 Å². The Morgan fingerprint density at radius 3 is 2.50 bits per heavy atom. The first-order chi connectivity index (χ1) is 10.7. The number of hydrogen-bond acceptors (Lipinski definition) is 3. The van der Waals surface area contributed by atoms with Crippen LogP contribution < -0.4 is 5.32 Å². The normalized spacial score (nSPS) is 10.5.